The van der Waals surface area contributed by atoms with Gasteiger partial charge in [-0.05, 0) is 78.5 Å². The zero-order chi connectivity index (χ0) is 28.1. The molecule has 1 aliphatic heterocycles. The Hall–Kier alpha value is -4.11. The molecule has 0 saturated carbocycles. The van der Waals surface area contributed by atoms with E-state index in [9.17, 15) is 9.90 Å². The lowest BCUT2D eigenvalue weighted by molar-refractivity contribution is 0.0715. The lowest BCUT2D eigenvalue weighted by atomic mass is 10.0. The van der Waals surface area contributed by atoms with E-state index in [1.807, 2.05) is 72.5 Å². The second kappa shape index (κ2) is 12.4. The van der Waals surface area contributed by atoms with E-state index in [0.29, 0.717) is 41.3 Å². The number of aromatic nitrogens is 3. The van der Waals surface area contributed by atoms with Crippen molar-refractivity contribution >= 4 is 33.3 Å². The highest BCUT2D eigenvalue weighted by atomic mass is 79.9. The molecule has 0 radical (unpaired) electrons. The molecule has 1 fully saturated rings. The minimum Gasteiger partial charge on any atom is -0.507 e. The van der Waals surface area contributed by atoms with Crippen molar-refractivity contribution in [3.05, 3.63) is 94.8 Å². The number of carbonyl (C=O) groups excluding carboxylic acids is 1. The first-order valence-corrected chi connectivity index (χ1v) is 14.3. The fourth-order valence-electron chi connectivity index (χ4n) is 4.84. The van der Waals surface area contributed by atoms with E-state index in [-0.39, 0.29) is 17.7 Å². The number of halogens is 1. The summed E-state index contributed by atoms with van der Waals surface area (Å²) in [5.74, 6) is 2.20. The summed E-state index contributed by atoms with van der Waals surface area (Å²) in [5.41, 5.74) is 2.51. The number of carbonyl (C=O) groups is 1. The van der Waals surface area contributed by atoms with Gasteiger partial charge in [0, 0.05) is 30.8 Å². The summed E-state index contributed by atoms with van der Waals surface area (Å²) < 4.78 is 8.63. The summed E-state index contributed by atoms with van der Waals surface area (Å²) in [6, 6.07) is 16.6. The normalized spacial score (nSPS) is 14.7. The number of piperidine rings is 1. The Morgan fingerprint density at radius 3 is 2.67 bits per heavy atom. The lowest BCUT2D eigenvalue weighted by Gasteiger charge is -2.33. The SMILES string of the molecule is C/C=C\C(=C/CC)Oc1ccccc1C(=O)N1CCC(Nc2cc(-c3ccccc3O)nc3c(Br)cnn23)CC1. The summed E-state index contributed by atoms with van der Waals surface area (Å²) in [4.78, 5) is 20.1. The molecular weight excluding hydrogens is 570 g/mol. The smallest absolute Gasteiger partial charge is 0.257 e. The molecule has 0 spiro atoms. The highest BCUT2D eigenvalue weighted by Crippen LogP contribution is 2.32. The molecule has 4 aromatic rings. The summed E-state index contributed by atoms with van der Waals surface area (Å²) in [6.07, 6.45) is 9.91. The number of hydrogen-bond donors (Lipinski definition) is 2. The highest BCUT2D eigenvalue weighted by molar-refractivity contribution is 9.10. The first-order valence-electron chi connectivity index (χ1n) is 13.5. The van der Waals surface area contributed by atoms with Gasteiger partial charge in [0.2, 0.25) is 0 Å². The minimum absolute atomic E-state index is 0.0328. The van der Waals surface area contributed by atoms with Crippen molar-refractivity contribution in [3.63, 3.8) is 0 Å². The van der Waals surface area contributed by atoms with Crippen molar-refractivity contribution < 1.29 is 14.6 Å². The van der Waals surface area contributed by atoms with Crippen molar-refractivity contribution in [2.75, 3.05) is 18.4 Å². The number of phenols is 1. The van der Waals surface area contributed by atoms with Gasteiger partial charge < -0.3 is 20.1 Å². The second-order valence-electron chi connectivity index (χ2n) is 9.60. The fraction of sp³-hybridized carbons (Fsp3) is 0.258. The van der Waals surface area contributed by atoms with E-state index in [1.54, 1.807) is 22.8 Å². The van der Waals surface area contributed by atoms with Crippen molar-refractivity contribution in [3.8, 4) is 22.8 Å². The number of para-hydroxylation sites is 2. The number of ether oxygens (including phenoxy) is 1. The molecule has 0 atom stereocenters. The molecule has 0 bridgehead atoms. The molecule has 1 amide bonds. The van der Waals surface area contributed by atoms with Gasteiger partial charge in [0.05, 0.1) is 21.9 Å². The first-order chi connectivity index (χ1) is 19.5. The molecule has 206 valence electrons. The highest BCUT2D eigenvalue weighted by Gasteiger charge is 2.26. The Kier molecular flexibility index (Phi) is 8.50. The average Bonchev–Trinajstić information content (AvgIpc) is 3.34. The van der Waals surface area contributed by atoms with Crippen LogP contribution in [0.1, 0.15) is 43.5 Å². The molecule has 2 aromatic heterocycles. The molecule has 3 heterocycles. The molecule has 40 heavy (non-hydrogen) atoms. The maximum atomic E-state index is 13.5. The van der Waals surface area contributed by atoms with Crippen LogP contribution in [-0.4, -0.2) is 49.6 Å². The predicted octanol–water partition coefficient (Wildman–Crippen LogP) is 6.83. The molecule has 2 N–H and O–H groups in total. The van der Waals surface area contributed by atoms with Crippen molar-refractivity contribution in [2.24, 2.45) is 0 Å². The van der Waals surface area contributed by atoms with Gasteiger partial charge in [0.1, 0.15) is 23.1 Å². The Labute approximate surface area is 242 Å². The zero-order valence-corrected chi connectivity index (χ0v) is 24.1. The van der Waals surface area contributed by atoms with Crippen LogP contribution in [0.15, 0.2) is 89.3 Å². The van der Waals surface area contributed by atoms with E-state index in [4.69, 9.17) is 9.72 Å². The number of hydrogen-bond acceptors (Lipinski definition) is 6. The van der Waals surface area contributed by atoms with Crippen LogP contribution in [0.5, 0.6) is 11.5 Å². The number of fused-ring (bicyclic) bond motifs is 1. The van der Waals surface area contributed by atoms with E-state index in [0.717, 1.165) is 35.3 Å². The standard InChI is InChI=1S/C31H32BrN5O3/c1-3-9-22(10-4-2)40-28-14-8-6-12-24(28)31(39)36-17-15-21(16-18-36)34-29-19-26(23-11-5-7-13-27(23)38)35-30-25(32)20-33-37(29)30/h3,5-14,19-21,34,38H,4,15-18H2,1-2H3/b9-3-,22-10+. The van der Waals surface area contributed by atoms with Crippen LogP contribution < -0.4 is 10.1 Å². The van der Waals surface area contributed by atoms with E-state index in [2.05, 4.69) is 33.3 Å². The van der Waals surface area contributed by atoms with E-state index < -0.39 is 0 Å². The Bertz CT molecular complexity index is 1570. The lowest BCUT2D eigenvalue weighted by Crippen LogP contribution is -2.42. The molecule has 1 aliphatic rings. The number of allylic oxidation sites excluding steroid dienone is 3. The summed E-state index contributed by atoms with van der Waals surface area (Å²) in [5, 5.41) is 18.5. The molecule has 1 saturated heterocycles. The number of rotatable bonds is 8. The minimum atomic E-state index is -0.0328. The van der Waals surface area contributed by atoms with Crippen molar-refractivity contribution in [2.45, 2.75) is 39.2 Å². The van der Waals surface area contributed by atoms with Gasteiger partial charge in [-0.3, -0.25) is 4.79 Å². The number of amides is 1. The average molecular weight is 603 g/mol. The summed E-state index contributed by atoms with van der Waals surface area (Å²) in [6.45, 7) is 5.22. The van der Waals surface area contributed by atoms with E-state index >= 15 is 0 Å². The monoisotopic (exact) mass is 601 g/mol. The van der Waals surface area contributed by atoms with Crippen LogP contribution in [0, 0.1) is 0 Å². The van der Waals surface area contributed by atoms with Crippen LogP contribution >= 0.6 is 15.9 Å². The van der Waals surface area contributed by atoms with Gasteiger partial charge in [-0.1, -0.05) is 37.3 Å². The Morgan fingerprint density at radius 1 is 1.18 bits per heavy atom. The third kappa shape index (κ3) is 5.89. The Balaban J connectivity index is 1.31. The predicted molar refractivity (Wildman–Crippen MR) is 161 cm³/mol. The van der Waals surface area contributed by atoms with Crippen molar-refractivity contribution in [1.29, 1.82) is 0 Å². The Morgan fingerprint density at radius 2 is 1.93 bits per heavy atom. The van der Waals surface area contributed by atoms with Gasteiger partial charge in [0.15, 0.2) is 5.65 Å². The summed E-state index contributed by atoms with van der Waals surface area (Å²) in [7, 11) is 0. The van der Waals surface area contributed by atoms with Gasteiger partial charge in [-0.15, -0.1) is 0 Å². The fourth-order valence-corrected chi connectivity index (χ4v) is 5.19. The third-order valence-corrected chi connectivity index (χ3v) is 7.38. The van der Waals surface area contributed by atoms with Crippen LogP contribution in [0.25, 0.3) is 16.9 Å². The largest absolute Gasteiger partial charge is 0.507 e. The number of aromatic hydroxyl groups is 1. The van der Waals surface area contributed by atoms with Gasteiger partial charge in [-0.2, -0.15) is 9.61 Å². The third-order valence-electron chi connectivity index (χ3n) is 6.82. The second-order valence-corrected chi connectivity index (χ2v) is 10.4. The molecule has 0 unspecified atom stereocenters. The summed E-state index contributed by atoms with van der Waals surface area (Å²) >= 11 is 3.54. The van der Waals surface area contributed by atoms with Crippen LogP contribution in [-0.2, 0) is 0 Å². The van der Waals surface area contributed by atoms with Crippen LogP contribution in [0.3, 0.4) is 0 Å². The molecule has 0 aliphatic carbocycles. The maximum absolute atomic E-state index is 13.5. The van der Waals surface area contributed by atoms with Crippen LogP contribution in [0.4, 0.5) is 5.82 Å². The first kappa shape index (κ1) is 27.5. The molecule has 5 rings (SSSR count). The number of nitrogens with zero attached hydrogens (tertiary/aromatic N) is 4. The zero-order valence-electron chi connectivity index (χ0n) is 22.5. The molecule has 8 nitrogen and oxygen atoms in total. The van der Waals surface area contributed by atoms with Gasteiger partial charge >= 0.3 is 0 Å². The van der Waals surface area contributed by atoms with Crippen LogP contribution in [0.2, 0.25) is 0 Å². The van der Waals surface area contributed by atoms with Gasteiger partial charge in [-0.25, -0.2) is 4.98 Å². The number of phenolic OH excluding ortho intramolecular Hbond substituents is 1. The molecule has 2 aromatic carbocycles. The topological polar surface area (TPSA) is 92.0 Å². The number of likely N-dealkylation sites (tertiary alicyclic amines) is 1. The number of nitrogens with one attached hydrogen (secondary N) is 1. The van der Waals surface area contributed by atoms with Crippen molar-refractivity contribution in [1.82, 2.24) is 19.5 Å². The maximum Gasteiger partial charge on any atom is 0.257 e. The van der Waals surface area contributed by atoms with E-state index in [1.165, 1.54) is 0 Å². The quantitative estimate of drug-likeness (QED) is 0.170. The molecule has 9 heteroatoms. The molecular formula is C31H32BrN5O3. The van der Waals surface area contributed by atoms with Gasteiger partial charge in [0.25, 0.3) is 5.91 Å². The number of anilines is 1. The number of benzene rings is 2.